The van der Waals surface area contributed by atoms with Crippen LogP contribution in [0.25, 0.3) is 0 Å². The molecule has 118 valence electrons. The summed E-state index contributed by atoms with van der Waals surface area (Å²) in [6.45, 7) is 2.38. The summed E-state index contributed by atoms with van der Waals surface area (Å²) in [7, 11) is 1.95. The Balaban J connectivity index is 1.51. The van der Waals surface area contributed by atoms with E-state index < -0.39 is 0 Å². The molecule has 3 heterocycles. The quantitative estimate of drug-likeness (QED) is 0.841. The maximum Gasteiger partial charge on any atom is 0.224 e. The molecule has 1 unspecified atom stereocenters. The average Bonchev–Trinajstić information content (AvgIpc) is 2.94. The zero-order chi connectivity index (χ0) is 15.2. The van der Waals surface area contributed by atoms with Gasteiger partial charge in [0.2, 0.25) is 5.95 Å². The summed E-state index contributed by atoms with van der Waals surface area (Å²) in [5.41, 5.74) is 1.18. The van der Waals surface area contributed by atoms with Crippen molar-refractivity contribution in [3.05, 3.63) is 30.2 Å². The molecule has 1 fully saturated rings. The second-order valence-corrected chi connectivity index (χ2v) is 5.45. The monoisotopic (exact) mass is 302 g/mol. The maximum atomic E-state index is 5.47. The predicted octanol–water partition coefficient (Wildman–Crippen LogP) is 1.46. The topological polar surface area (TPSA) is 76.9 Å². The SMILES string of the molecule is Cn1nccc1CCNc1nccc(NC2CCCOC2)n1. The van der Waals surface area contributed by atoms with Crippen molar-refractivity contribution in [2.75, 3.05) is 30.4 Å². The molecule has 0 bridgehead atoms. The zero-order valence-electron chi connectivity index (χ0n) is 12.8. The van der Waals surface area contributed by atoms with E-state index in [-0.39, 0.29) is 0 Å². The van der Waals surface area contributed by atoms with Crippen LogP contribution in [0.3, 0.4) is 0 Å². The highest BCUT2D eigenvalue weighted by Gasteiger charge is 2.14. The molecular weight excluding hydrogens is 280 g/mol. The van der Waals surface area contributed by atoms with Crippen molar-refractivity contribution < 1.29 is 4.74 Å². The number of nitrogens with zero attached hydrogens (tertiary/aromatic N) is 4. The van der Waals surface area contributed by atoms with Crippen LogP contribution in [-0.4, -0.2) is 45.5 Å². The average molecular weight is 302 g/mol. The van der Waals surface area contributed by atoms with Crippen molar-refractivity contribution >= 4 is 11.8 Å². The summed E-state index contributed by atoms with van der Waals surface area (Å²) in [5, 5.41) is 10.8. The van der Waals surface area contributed by atoms with Gasteiger partial charge in [-0.15, -0.1) is 0 Å². The van der Waals surface area contributed by atoms with Gasteiger partial charge in [0, 0.05) is 44.7 Å². The minimum atomic E-state index is 0.339. The number of anilines is 2. The van der Waals surface area contributed by atoms with Crippen molar-refractivity contribution in [3.63, 3.8) is 0 Å². The molecule has 0 spiro atoms. The van der Waals surface area contributed by atoms with Gasteiger partial charge in [0.15, 0.2) is 0 Å². The Labute approximate surface area is 130 Å². The molecule has 7 heteroatoms. The van der Waals surface area contributed by atoms with Gasteiger partial charge in [-0.25, -0.2) is 4.98 Å². The fourth-order valence-electron chi connectivity index (χ4n) is 2.54. The van der Waals surface area contributed by atoms with Crippen LogP contribution in [-0.2, 0) is 18.2 Å². The van der Waals surface area contributed by atoms with Gasteiger partial charge in [-0.1, -0.05) is 0 Å². The van der Waals surface area contributed by atoms with E-state index in [0.717, 1.165) is 44.8 Å². The molecular formula is C15H22N6O. The number of aromatic nitrogens is 4. The fraction of sp³-hybridized carbons (Fsp3) is 0.533. The number of rotatable bonds is 6. The second-order valence-electron chi connectivity index (χ2n) is 5.45. The summed E-state index contributed by atoms with van der Waals surface area (Å²) < 4.78 is 7.35. The highest BCUT2D eigenvalue weighted by Crippen LogP contribution is 2.13. The zero-order valence-corrected chi connectivity index (χ0v) is 12.8. The van der Waals surface area contributed by atoms with Gasteiger partial charge < -0.3 is 15.4 Å². The molecule has 3 rings (SSSR count). The Bertz CT molecular complexity index is 593. The van der Waals surface area contributed by atoms with E-state index in [1.807, 2.05) is 30.1 Å². The Morgan fingerprint density at radius 3 is 3.09 bits per heavy atom. The molecule has 1 atom stereocenters. The number of hydrogen-bond acceptors (Lipinski definition) is 6. The third-order valence-electron chi connectivity index (χ3n) is 3.75. The molecule has 1 saturated heterocycles. The van der Waals surface area contributed by atoms with E-state index in [4.69, 9.17) is 4.74 Å². The number of hydrogen-bond donors (Lipinski definition) is 2. The van der Waals surface area contributed by atoms with Gasteiger partial charge in [0.25, 0.3) is 0 Å². The molecule has 0 aliphatic carbocycles. The van der Waals surface area contributed by atoms with Crippen molar-refractivity contribution in [3.8, 4) is 0 Å². The van der Waals surface area contributed by atoms with E-state index >= 15 is 0 Å². The first kappa shape index (κ1) is 14.8. The standard InChI is InChI=1S/C15H22N6O/c1-21-13(5-9-18-21)4-7-16-15-17-8-6-14(20-15)19-12-3-2-10-22-11-12/h5-6,8-9,12H,2-4,7,10-11H2,1H3,(H2,16,17,19,20). The highest BCUT2D eigenvalue weighted by molar-refractivity contribution is 5.40. The van der Waals surface area contributed by atoms with Crippen molar-refractivity contribution in [2.24, 2.45) is 7.05 Å². The smallest absolute Gasteiger partial charge is 0.224 e. The van der Waals surface area contributed by atoms with Crippen LogP contribution in [0.1, 0.15) is 18.5 Å². The third kappa shape index (κ3) is 3.94. The van der Waals surface area contributed by atoms with Crippen LogP contribution in [0.4, 0.5) is 11.8 Å². The second kappa shape index (κ2) is 7.22. The molecule has 0 radical (unpaired) electrons. The van der Waals surface area contributed by atoms with Gasteiger partial charge in [0.05, 0.1) is 12.6 Å². The van der Waals surface area contributed by atoms with Crippen molar-refractivity contribution in [2.45, 2.75) is 25.3 Å². The molecule has 22 heavy (non-hydrogen) atoms. The Morgan fingerprint density at radius 1 is 1.36 bits per heavy atom. The lowest BCUT2D eigenvalue weighted by Gasteiger charge is -2.23. The first-order valence-corrected chi connectivity index (χ1v) is 7.69. The van der Waals surface area contributed by atoms with Crippen LogP contribution in [0, 0.1) is 0 Å². The first-order chi connectivity index (χ1) is 10.8. The molecule has 0 aromatic carbocycles. The summed E-state index contributed by atoms with van der Waals surface area (Å²) >= 11 is 0. The Kier molecular flexibility index (Phi) is 4.85. The summed E-state index contributed by atoms with van der Waals surface area (Å²) in [5.74, 6) is 1.48. The summed E-state index contributed by atoms with van der Waals surface area (Å²) in [6.07, 6.45) is 6.67. The minimum absolute atomic E-state index is 0.339. The van der Waals surface area contributed by atoms with Crippen LogP contribution >= 0.6 is 0 Å². The Morgan fingerprint density at radius 2 is 2.32 bits per heavy atom. The lowest BCUT2D eigenvalue weighted by molar-refractivity contribution is 0.0875. The normalized spacial score (nSPS) is 18.1. The Hall–Kier alpha value is -2.15. The fourth-order valence-corrected chi connectivity index (χ4v) is 2.54. The van der Waals surface area contributed by atoms with Gasteiger partial charge in [-0.3, -0.25) is 4.68 Å². The molecule has 1 aliphatic heterocycles. The molecule has 0 amide bonds. The summed E-state index contributed by atoms with van der Waals surface area (Å²) in [4.78, 5) is 8.75. The molecule has 7 nitrogen and oxygen atoms in total. The largest absolute Gasteiger partial charge is 0.379 e. The van der Waals surface area contributed by atoms with Crippen molar-refractivity contribution in [1.82, 2.24) is 19.7 Å². The van der Waals surface area contributed by atoms with E-state index in [1.165, 1.54) is 5.69 Å². The first-order valence-electron chi connectivity index (χ1n) is 7.69. The van der Waals surface area contributed by atoms with Crippen LogP contribution in [0.15, 0.2) is 24.5 Å². The van der Waals surface area contributed by atoms with Crippen LogP contribution in [0.2, 0.25) is 0 Å². The van der Waals surface area contributed by atoms with E-state index in [1.54, 1.807) is 6.20 Å². The van der Waals surface area contributed by atoms with E-state index in [9.17, 15) is 0 Å². The minimum Gasteiger partial charge on any atom is -0.379 e. The van der Waals surface area contributed by atoms with E-state index in [0.29, 0.717) is 12.0 Å². The van der Waals surface area contributed by atoms with Crippen molar-refractivity contribution in [1.29, 1.82) is 0 Å². The van der Waals surface area contributed by atoms with Crippen LogP contribution in [0.5, 0.6) is 0 Å². The highest BCUT2D eigenvalue weighted by atomic mass is 16.5. The number of nitrogens with one attached hydrogen (secondary N) is 2. The van der Waals surface area contributed by atoms with Crippen LogP contribution < -0.4 is 10.6 Å². The third-order valence-corrected chi connectivity index (χ3v) is 3.75. The molecule has 0 saturated carbocycles. The molecule has 1 aliphatic rings. The van der Waals surface area contributed by atoms with E-state index in [2.05, 4.69) is 25.7 Å². The van der Waals surface area contributed by atoms with Gasteiger partial charge in [-0.2, -0.15) is 10.1 Å². The predicted molar refractivity (Wildman–Crippen MR) is 84.9 cm³/mol. The summed E-state index contributed by atoms with van der Waals surface area (Å²) in [6, 6.07) is 4.25. The van der Waals surface area contributed by atoms with Gasteiger partial charge in [0.1, 0.15) is 5.82 Å². The lowest BCUT2D eigenvalue weighted by atomic mass is 10.1. The number of aryl methyl sites for hydroxylation is 1. The van der Waals surface area contributed by atoms with Gasteiger partial charge in [-0.05, 0) is 25.0 Å². The maximum absolute atomic E-state index is 5.47. The molecule has 2 aromatic heterocycles. The van der Waals surface area contributed by atoms with Gasteiger partial charge >= 0.3 is 0 Å². The number of ether oxygens (including phenoxy) is 1. The molecule has 2 aromatic rings. The molecule has 2 N–H and O–H groups in total. The lowest BCUT2D eigenvalue weighted by Crippen LogP contribution is -2.30.